The molecule has 2 bridgehead atoms. The molecule has 0 saturated carbocycles. The molecule has 3 heteroatoms. The lowest BCUT2D eigenvalue weighted by Crippen LogP contribution is -2.32. The standard InChI is InChI=1S/C21H20O2S/c22-21(14-10-15-4-3-5-16(11-14)24-15)13-8-9-20-18(12-13)17-6-1-2-7-19(17)23-20/h1-2,6-9,12,14-16H,3-5,10-11H2. The van der Waals surface area contributed by atoms with Crippen molar-refractivity contribution in [3.8, 4) is 0 Å². The lowest BCUT2D eigenvalue weighted by atomic mass is 9.84. The van der Waals surface area contributed by atoms with Gasteiger partial charge in [-0.15, -0.1) is 0 Å². The average molecular weight is 336 g/mol. The van der Waals surface area contributed by atoms with Gasteiger partial charge in [-0.1, -0.05) is 24.6 Å². The third-order valence-electron chi connectivity index (χ3n) is 5.56. The fourth-order valence-corrected chi connectivity index (χ4v) is 6.22. The number of benzene rings is 2. The minimum atomic E-state index is 0.206. The summed E-state index contributed by atoms with van der Waals surface area (Å²) < 4.78 is 5.88. The first-order chi connectivity index (χ1) is 11.8. The van der Waals surface area contributed by atoms with E-state index in [4.69, 9.17) is 4.42 Å². The van der Waals surface area contributed by atoms with E-state index < -0.39 is 0 Å². The van der Waals surface area contributed by atoms with Crippen LogP contribution in [-0.4, -0.2) is 16.3 Å². The molecule has 3 heterocycles. The van der Waals surface area contributed by atoms with Gasteiger partial charge in [0.15, 0.2) is 5.78 Å². The molecule has 2 aromatic carbocycles. The summed E-state index contributed by atoms with van der Waals surface area (Å²) in [5, 5.41) is 3.55. The molecular weight excluding hydrogens is 316 g/mol. The van der Waals surface area contributed by atoms with Crippen LogP contribution in [0.4, 0.5) is 0 Å². The smallest absolute Gasteiger partial charge is 0.166 e. The molecule has 2 aliphatic heterocycles. The van der Waals surface area contributed by atoms with Gasteiger partial charge in [0.05, 0.1) is 0 Å². The highest BCUT2D eigenvalue weighted by molar-refractivity contribution is 8.00. The molecule has 2 fully saturated rings. The van der Waals surface area contributed by atoms with Gasteiger partial charge in [-0.05, 0) is 49.9 Å². The number of hydrogen-bond donors (Lipinski definition) is 0. The Morgan fingerprint density at radius 3 is 2.54 bits per heavy atom. The van der Waals surface area contributed by atoms with Crippen LogP contribution >= 0.6 is 11.8 Å². The third-order valence-corrected chi connectivity index (χ3v) is 7.19. The monoisotopic (exact) mass is 336 g/mol. The minimum absolute atomic E-state index is 0.206. The maximum absolute atomic E-state index is 13.1. The minimum Gasteiger partial charge on any atom is -0.456 e. The number of furan rings is 1. The Balaban J connectivity index is 1.51. The first-order valence-electron chi connectivity index (χ1n) is 8.89. The second kappa shape index (κ2) is 5.66. The lowest BCUT2D eigenvalue weighted by molar-refractivity contribution is 0.0897. The Bertz CT molecular complexity index is 914. The summed E-state index contributed by atoms with van der Waals surface area (Å²) >= 11 is 2.13. The van der Waals surface area contributed by atoms with Crippen LogP contribution in [-0.2, 0) is 0 Å². The summed E-state index contributed by atoms with van der Waals surface area (Å²) in [6.07, 6.45) is 6.04. The molecule has 2 atom stereocenters. The highest BCUT2D eigenvalue weighted by Crippen LogP contribution is 2.44. The maximum Gasteiger partial charge on any atom is 0.166 e. The van der Waals surface area contributed by atoms with Crippen LogP contribution in [0.2, 0.25) is 0 Å². The number of hydrogen-bond acceptors (Lipinski definition) is 3. The number of para-hydroxylation sites is 1. The number of ketones is 1. The van der Waals surface area contributed by atoms with E-state index >= 15 is 0 Å². The number of rotatable bonds is 2. The third kappa shape index (κ3) is 2.37. The average Bonchev–Trinajstić information content (AvgIpc) is 2.98. The van der Waals surface area contributed by atoms with E-state index in [0.717, 1.165) is 40.3 Å². The van der Waals surface area contributed by atoms with E-state index in [9.17, 15) is 4.79 Å². The van der Waals surface area contributed by atoms with Crippen molar-refractivity contribution in [2.75, 3.05) is 0 Å². The van der Waals surface area contributed by atoms with Crippen LogP contribution in [0.25, 0.3) is 21.9 Å². The number of fused-ring (bicyclic) bond motifs is 5. The Kier molecular flexibility index (Phi) is 3.44. The van der Waals surface area contributed by atoms with Gasteiger partial charge in [-0.2, -0.15) is 11.8 Å². The second-order valence-electron chi connectivity index (χ2n) is 7.15. The van der Waals surface area contributed by atoms with Crippen molar-refractivity contribution in [1.29, 1.82) is 0 Å². The molecule has 2 nitrogen and oxygen atoms in total. The van der Waals surface area contributed by atoms with Crippen molar-refractivity contribution in [2.45, 2.75) is 42.6 Å². The Morgan fingerprint density at radius 2 is 1.71 bits per heavy atom. The Morgan fingerprint density at radius 1 is 0.958 bits per heavy atom. The summed E-state index contributed by atoms with van der Waals surface area (Å²) in [6, 6.07) is 14.0. The molecular formula is C21H20O2S. The molecule has 0 amide bonds. The summed E-state index contributed by atoms with van der Waals surface area (Å²) in [5.74, 6) is 0.538. The molecule has 0 spiro atoms. The lowest BCUT2D eigenvalue weighted by Gasteiger charge is -2.37. The van der Waals surface area contributed by atoms with Crippen LogP contribution < -0.4 is 0 Å². The molecule has 2 aliphatic rings. The van der Waals surface area contributed by atoms with E-state index in [1.54, 1.807) is 0 Å². The summed E-state index contributed by atoms with van der Waals surface area (Å²) in [4.78, 5) is 13.1. The molecule has 122 valence electrons. The maximum atomic E-state index is 13.1. The van der Waals surface area contributed by atoms with Gasteiger partial charge in [0.2, 0.25) is 0 Å². The number of Topliss-reactive ketones (excluding diaryl/α,β-unsaturated/α-hetero) is 1. The second-order valence-corrected chi connectivity index (χ2v) is 8.76. The molecule has 2 saturated heterocycles. The van der Waals surface area contributed by atoms with Crippen molar-refractivity contribution in [2.24, 2.45) is 5.92 Å². The van der Waals surface area contributed by atoms with E-state index in [1.165, 1.54) is 19.3 Å². The Labute approximate surface area is 145 Å². The summed E-state index contributed by atoms with van der Waals surface area (Å²) in [5.41, 5.74) is 2.61. The van der Waals surface area contributed by atoms with Gasteiger partial charge in [0.1, 0.15) is 11.2 Å². The first kappa shape index (κ1) is 14.6. The highest BCUT2D eigenvalue weighted by atomic mass is 32.2. The van der Waals surface area contributed by atoms with Crippen molar-refractivity contribution in [3.05, 3.63) is 48.0 Å². The van der Waals surface area contributed by atoms with E-state index in [1.807, 2.05) is 36.4 Å². The van der Waals surface area contributed by atoms with Crippen molar-refractivity contribution in [3.63, 3.8) is 0 Å². The number of carbonyl (C=O) groups is 1. The molecule has 0 aliphatic carbocycles. The highest BCUT2D eigenvalue weighted by Gasteiger charge is 2.35. The van der Waals surface area contributed by atoms with Gasteiger partial charge in [-0.3, -0.25) is 4.79 Å². The molecule has 3 aromatic rings. The van der Waals surface area contributed by atoms with Gasteiger partial charge in [0, 0.05) is 32.8 Å². The van der Waals surface area contributed by atoms with Gasteiger partial charge in [0.25, 0.3) is 0 Å². The van der Waals surface area contributed by atoms with Gasteiger partial charge >= 0.3 is 0 Å². The molecule has 0 N–H and O–H groups in total. The zero-order valence-corrected chi connectivity index (χ0v) is 14.4. The molecule has 1 aromatic heterocycles. The SMILES string of the molecule is O=C(c1ccc2oc3ccccc3c2c1)C1CC2CCCC(C1)S2. The summed E-state index contributed by atoms with van der Waals surface area (Å²) in [7, 11) is 0. The van der Waals surface area contributed by atoms with E-state index in [0.29, 0.717) is 16.3 Å². The fraction of sp³-hybridized carbons (Fsp3) is 0.381. The van der Waals surface area contributed by atoms with E-state index in [-0.39, 0.29) is 5.92 Å². The van der Waals surface area contributed by atoms with Crippen molar-refractivity contribution in [1.82, 2.24) is 0 Å². The van der Waals surface area contributed by atoms with Crippen LogP contribution in [0.5, 0.6) is 0 Å². The van der Waals surface area contributed by atoms with Crippen LogP contribution in [0, 0.1) is 5.92 Å². The normalized spacial score (nSPS) is 26.8. The van der Waals surface area contributed by atoms with Crippen molar-refractivity contribution < 1.29 is 9.21 Å². The summed E-state index contributed by atoms with van der Waals surface area (Å²) in [6.45, 7) is 0. The largest absolute Gasteiger partial charge is 0.456 e. The molecule has 5 rings (SSSR count). The van der Waals surface area contributed by atoms with E-state index in [2.05, 4.69) is 17.8 Å². The molecule has 2 unspecified atom stereocenters. The van der Waals surface area contributed by atoms with Crippen LogP contribution in [0.15, 0.2) is 46.9 Å². The molecule has 24 heavy (non-hydrogen) atoms. The fourth-order valence-electron chi connectivity index (χ4n) is 4.39. The van der Waals surface area contributed by atoms with Crippen LogP contribution in [0.1, 0.15) is 42.5 Å². The van der Waals surface area contributed by atoms with Gasteiger partial charge in [-0.25, -0.2) is 0 Å². The number of carbonyl (C=O) groups excluding carboxylic acids is 1. The predicted molar refractivity (Wildman–Crippen MR) is 99.8 cm³/mol. The van der Waals surface area contributed by atoms with Crippen molar-refractivity contribution >= 4 is 39.5 Å². The quantitative estimate of drug-likeness (QED) is 0.551. The Hall–Kier alpha value is -1.74. The first-order valence-corrected chi connectivity index (χ1v) is 9.83. The predicted octanol–water partition coefficient (Wildman–Crippen LogP) is 5.83. The van der Waals surface area contributed by atoms with Crippen LogP contribution in [0.3, 0.4) is 0 Å². The van der Waals surface area contributed by atoms with Gasteiger partial charge < -0.3 is 4.42 Å². The zero-order chi connectivity index (χ0) is 16.1. The number of thioether (sulfide) groups is 1. The molecule has 0 radical (unpaired) electrons. The topological polar surface area (TPSA) is 30.2 Å². The zero-order valence-electron chi connectivity index (χ0n) is 13.5.